The molecule has 0 N–H and O–H groups in total. The first-order valence-electron chi connectivity index (χ1n) is 12.4. The number of ether oxygens (including phenoxy) is 1. The van der Waals surface area contributed by atoms with Crippen LogP contribution in [0.1, 0.15) is 44.2 Å². The van der Waals surface area contributed by atoms with Gasteiger partial charge in [-0.15, -0.1) is 0 Å². The zero-order valence-electron chi connectivity index (χ0n) is 21.5. The van der Waals surface area contributed by atoms with Crippen molar-refractivity contribution < 1.29 is 13.9 Å². The van der Waals surface area contributed by atoms with E-state index < -0.39 is 0 Å². The van der Waals surface area contributed by atoms with Gasteiger partial charge in [0, 0.05) is 49.7 Å². The van der Waals surface area contributed by atoms with E-state index in [0.29, 0.717) is 21.6 Å². The minimum Gasteiger partial charge on any atom is -0.378 e. The first kappa shape index (κ1) is 24.8. The number of anilines is 2. The second-order valence-corrected chi connectivity index (χ2v) is 11.4. The minimum atomic E-state index is -0.321. The van der Waals surface area contributed by atoms with Crippen LogP contribution in [0.2, 0.25) is 0 Å². The second-order valence-electron chi connectivity index (χ2n) is 10.4. The summed E-state index contributed by atoms with van der Waals surface area (Å²) in [5, 5.41) is 0.582. The van der Waals surface area contributed by atoms with Gasteiger partial charge in [-0.1, -0.05) is 6.92 Å². The van der Waals surface area contributed by atoms with Gasteiger partial charge >= 0.3 is 0 Å². The lowest BCUT2D eigenvalue weighted by Gasteiger charge is -2.45. The molecule has 0 aromatic heterocycles. The lowest BCUT2D eigenvalue weighted by molar-refractivity contribution is -0.121. The topological polar surface area (TPSA) is 48.4 Å². The third kappa shape index (κ3) is 4.64. The normalized spacial score (nSPS) is 24.1. The molecule has 190 valence electrons. The maximum absolute atomic E-state index is 15.2. The molecule has 0 aliphatic carbocycles. The van der Waals surface area contributed by atoms with Crippen molar-refractivity contribution in [3.8, 4) is 0 Å². The van der Waals surface area contributed by atoms with E-state index in [4.69, 9.17) is 9.73 Å². The number of amidine groups is 1. The zero-order valence-corrected chi connectivity index (χ0v) is 22.4. The number of carbonyl (C=O) groups excluding carboxylic acids is 1. The Bertz CT molecular complexity index is 1230. The highest BCUT2D eigenvalue weighted by atomic mass is 32.2. The molecule has 6 nitrogen and oxygen atoms in total. The van der Waals surface area contributed by atoms with Gasteiger partial charge in [0.2, 0.25) is 0 Å². The van der Waals surface area contributed by atoms with E-state index in [1.165, 1.54) is 16.7 Å². The van der Waals surface area contributed by atoms with Crippen molar-refractivity contribution in [1.82, 2.24) is 4.90 Å². The molecule has 1 atom stereocenters. The van der Waals surface area contributed by atoms with Crippen molar-refractivity contribution >= 4 is 46.0 Å². The highest BCUT2D eigenvalue weighted by Crippen LogP contribution is 2.44. The second kappa shape index (κ2) is 9.56. The largest absolute Gasteiger partial charge is 0.378 e. The smallest absolute Gasteiger partial charge is 0.266 e. The number of nitrogens with zero attached hydrogens (tertiary/aromatic N) is 4. The van der Waals surface area contributed by atoms with Crippen LogP contribution >= 0.6 is 11.8 Å². The lowest BCUT2D eigenvalue weighted by Crippen LogP contribution is -2.45. The number of benzene rings is 2. The molecule has 1 amide bonds. The van der Waals surface area contributed by atoms with Crippen molar-refractivity contribution in [2.24, 2.45) is 4.99 Å². The van der Waals surface area contributed by atoms with Gasteiger partial charge in [0.05, 0.1) is 23.8 Å². The van der Waals surface area contributed by atoms with Crippen molar-refractivity contribution in [3.05, 3.63) is 58.2 Å². The summed E-state index contributed by atoms with van der Waals surface area (Å²) >= 11 is 1.28. The van der Waals surface area contributed by atoms with E-state index in [1.807, 2.05) is 37.4 Å². The molecule has 36 heavy (non-hydrogen) atoms. The number of halogens is 1. The number of hydrogen-bond acceptors (Lipinski definition) is 6. The Kier molecular flexibility index (Phi) is 6.59. The summed E-state index contributed by atoms with van der Waals surface area (Å²) < 4.78 is 20.6. The number of aliphatic imine (C=N–C) groups is 1. The predicted octanol–water partition coefficient (Wildman–Crippen LogP) is 5.62. The molecule has 2 aromatic carbocycles. The maximum atomic E-state index is 15.2. The van der Waals surface area contributed by atoms with E-state index in [2.05, 4.69) is 30.6 Å². The summed E-state index contributed by atoms with van der Waals surface area (Å²) in [5.74, 6) is -0.193. The first-order valence-corrected chi connectivity index (χ1v) is 13.2. The first-order chi connectivity index (χ1) is 17.1. The number of morpholine rings is 1. The van der Waals surface area contributed by atoms with Crippen molar-refractivity contribution in [1.29, 1.82) is 0 Å². The fourth-order valence-electron chi connectivity index (χ4n) is 5.18. The molecule has 1 unspecified atom stereocenters. The summed E-state index contributed by atoms with van der Waals surface area (Å²) in [6.07, 6.45) is 2.64. The number of fused-ring (bicyclic) bond motifs is 1. The van der Waals surface area contributed by atoms with E-state index in [1.54, 1.807) is 19.2 Å². The Morgan fingerprint density at radius 1 is 1.14 bits per heavy atom. The fraction of sp³-hybridized carbons (Fsp3) is 0.429. The Morgan fingerprint density at radius 2 is 1.83 bits per heavy atom. The lowest BCUT2D eigenvalue weighted by atomic mass is 9.80. The van der Waals surface area contributed by atoms with Crippen LogP contribution in [0.3, 0.4) is 0 Å². The SMILES string of the molecule is CC1CC(C)(C)N(C)c2cc(F)c(/C=C3/SC(=Nc4ccc(N5CCOCC5)cc4)N(C)C3=O)cc21. The summed E-state index contributed by atoms with van der Waals surface area (Å²) in [5.41, 5.74) is 4.35. The summed E-state index contributed by atoms with van der Waals surface area (Å²) in [6, 6.07) is 11.5. The van der Waals surface area contributed by atoms with Crippen molar-refractivity contribution in [3.63, 3.8) is 0 Å². The Morgan fingerprint density at radius 3 is 2.53 bits per heavy atom. The number of carbonyl (C=O) groups is 1. The number of amides is 1. The quantitative estimate of drug-likeness (QED) is 0.504. The van der Waals surface area contributed by atoms with Crippen LogP contribution in [0.4, 0.5) is 21.5 Å². The molecule has 0 radical (unpaired) electrons. The number of likely N-dealkylation sites (N-methyl/N-ethyl adjacent to an activating group) is 1. The molecular formula is C28H33FN4O2S. The third-order valence-corrected chi connectivity index (χ3v) is 8.55. The van der Waals surface area contributed by atoms with Gasteiger partial charge in [0.1, 0.15) is 5.82 Å². The fourth-order valence-corrected chi connectivity index (χ4v) is 6.16. The molecule has 0 bridgehead atoms. The van der Waals surface area contributed by atoms with Gasteiger partial charge < -0.3 is 14.5 Å². The van der Waals surface area contributed by atoms with E-state index in [-0.39, 0.29) is 17.3 Å². The van der Waals surface area contributed by atoms with Crippen molar-refractivity contribution in [2.45, 2.75) is 38.6 Å². The summed E-state index contributed by atoms with van der Waals surface area (Å²) in [7, 11) is 3.73. The number of rotatable bonds is 3. The molecule has 8 heteroatoms. The van der Waals surface area contributed by atoms with Crippen LogP contribution in [-0.4, -0.2) is 61.9 Å². The van der Waals surface area contributed by atoms with Crippen LogP contribution in [0, 0.1) is 5.82 Å². The summed E-state index contributed by atoms with van der Waals surface area (Å²) in [4.78, 5) is 24.1. The van der Waals surface area contributed by atoms with Gasteiger partial charge in [0.25, 0.3) is 5.91 Å². The van der Waals surface area contributed by atoms with Crippen LogP contribution in [-0.2, 0) is 9.53 Å². The molecule has 3 heterocycles. The molecule has 2 aromatic rings. The van der Waals surface area contributed by atoms with Gasteiger partial charge in [-0.05, 0) is 86.0 Å². The average Bonchev–Trinajstić information content (AvgIpc) is 3.12. The van der Waals surface area contributed by atoms with Crippen LogP contribution in [0.15, 0.2) is 46.3 Å². The number of hydrogen-bond donors (Lipinski definition) is 0. The highest BCUT2D eigenvalue weighted by Gasteiger charge is 2.35. The molecule has 2 fully saturated rings. The molecule has 3 aliphatic rings. The van der Waals surface area contributed by atoms with E-state index in [9.17, 15) is 4.79 Å². The Balaban J connectivity index is 1.39. The molecule has 5 rings (SSSR count). The van der Waals surface area contributed by atoms with Gasteiger partial charge in [-0.3, -0.25) is 9.69 Å². The minimum absolute atomic E-state index is 0.0371. The average molecular weight is 509 g/mol. The van der Waals surface area contributed by atoms with Crippen LogP contribution in [0.5, 0.6) is 0 Å². The standard InChI is InChI=1S/C28H33FN4O2S/c1-18-17-28(2,3)32(5)24-16-23(29)19(14-22(18)24)15-25-26(34)31(4)27(36-25)30-20-6-8-21(9-7-20)33-10-12-35-13-11-33/h6-9,14-16,18H,10-13,17H2,1-5H3/b25-15+,30-27?. The third-order valence-electron chi connectivity index (χ3n) is 7.49. The van der Waals surface area contributed by atoms with Crippen molar-refractivity contribution in [2.75, 3.05) is 50.2 Å². The van der Waals surface area contributed by atoms with Gasteiger partial charge in [-0.2, -0.15) is 0 Å². The summed E-state index contributed by atoms with van der Waals surface area (Å²) in [6.45, 7) is 9.77. The van der Waals surface area contributed by atoms with Gasteiger partial charge in [-0.25, -0.2) is 9.38 Å². The van der Waals surface area contributed by atoms with E-state index >= 15 is 4.39 Å². The van der Waals surface area contributed by atoms with Crippen LogP contribution in [0.25, 0.3) is 6.08 Å². The molecular weight excluding hydrogens is 475 g/mol. The Hall–Kier alpha value is -2.84. The van der Waals surface area contributed by atoms with E-state index in [0.717, 1.165) is 55.3 Å². The Labute approximate surface area is 216 Å². The molecule has 0 spiro atoms. The monoisotopic (exact) mass is 508 g/mol. The maximum Gasteiger partial charge on any atom is 0.266 e. The molecule has 3 aliphatic heterocycles. The van der Waals surface area contributed by atoms with Gasteiger partial charge in [0.15, 0.2) is 5.17 Å². The highest BCUT2D eigenvalue weighted by molar-refractivity contribution is 8.18. The molecule has 2 saturated heterocycles. The predicted molar refractivity (Wildman–Crippen MR) is 147 cm³/mol. The molecule has 0 saturated carbocycles. The zero-order chi connectivity index (χ0) is 25.6. The van der Waals surface area contributed by atoms with Crippen LogP contribution < -0.4 is 9.80 Å². The number of thioether (sulfide) groups is 1.